The Kier molecular flexibility index (Phi) is 3.16. The van der Waals surface area contributed by atoms with Crippen LogP contribution in [0.3, 0.4) is 0 Å². The van der Waals surface area contributed by atoms with E-state index < -0.39 is 5.91 Å². The van der Waals surface area contributed by atoms with Crippen LogP contribution in [-0.2, 0) is 0 Å². The maximum absolute atomic E-state index is 12.3. The SMILES string of the molecule is O=C(Nc1ccccc1)c1nccc2ccc(O)c(O)c12. The van der Waals surface area contributed by atoms with Gasteiger partial charge in [0.2, 0.25) is 0 Å². The Labute approximate surface area is 120 Å². The Morgan fingerprint density at radius 2 is 1.76 bits per heavy atom. The van der Waals surface area contributed by atoms with Crippen molar-refractivity contribution in [2.45, 2.75) is 0 Å². The van der Waals surface area contributed by atoms with Crippen molar-refractivity contribution in [3.05, 3.63) is 60.4 Å². The number of rotatable bonds is 2. The quantitative estimate of drug-likeness (QED) is 0.630. The minimum absolute atomic E-state index is 0.0600. The first-order valence-corrected chi connectivity index (χ1v) is 6.33. The van der Waals surface area contributed by atoms with E-state index in [0.717, 1.165) is 0 Å². The lowest BCUT2D eigenvalue weighted by Gasteiger charge is -2.09. The van der Waals surface area contributed by atoms with E-state index >= 15 is 0 Å². The number of hydrogen-bond acceptors (Lipinski definition) is 4. The number of nitrogens with zero attached hydrogens (tertiary/aromatic N) is 1. The van der Waals surface area contributed by atoms with Crippen LogP contribution in [0.4, 0.5) is 5.69 Å². The van der Waals surface area contributed by atoms with Crippen molar-refractivity contribution >= 4 is 22.4 Å². The van der Waals surface area contributed by atoms with Gasteiger partial charge in [0, 0.05) is 11.9 Å². The molecule has 0 aliphatic carbocycles. The molecule has 3 N–H and O–H groups in total. The van der Waals surface area contributed by atoms with Crippen LogP contribution in [0.5, 0.6) is 11.5 Å². The summed E-state index contributed by atoms with van der Waals surface area (Å²) in [4.78, 5) is 16.3. The summed E-state index contributed by atoms with van der Waals surface area (Å²) in [6, 6.07) is 13.6. The predicted molar refractivity (Wildman–Crippen MR) is 79.5 cm³/mol. The lowest BCUT2D eigenvalue weighted by Crippen LogP contribution is -2.14. The lowest BCUT2D eigenvalue weighted by atomic mass is 10.1. The molecule has 3 rings (SSSR count). The second kappa shape index (κ2) is 5.13. The highest BCUT2D eigenvalue weighted by molar-refractivity contribution is 6.13. The van der Waals surface area contributed by atoms with Gasteiger partial charge in [0.1, 0.15) is 5.69 Å². The van der Waals surface area contributed by atoms with E-state index in [2.05, 4.69) is 10.3 Å². The third kappa shape index (κ3) is 2.36. The third-order valence-electron chi connectivity index (χ3n) is 3.13. The summed E-state index contributed by atoms with van der Waals surface area (Å²) in [7, 11) is 0. The fourth-order valence-corrected chi connectivity index (χ4v) is 2.12. The van der Waals surface area contributed by atoms with Crippen LogP contribution < -0.4 is 5.32 Å². The molecular formula is C16H12N2O3. The first-order valence-electron chi connectivity index (χ1n) is 6.33. The molecule has 0 saturated heterocycles. The molecule has 5 nitrogen and oxygen atoms in total. The smallest absolute Gasteiger partial charge is 0.275 e. The number of carbonyl (C=O) groups excluding carboxylic acids is 1. The van der Waals surface area contributed by atoms with E-state index in [1.165, 1.54) is 12.3 Å². The second-order valence-electron chi connectivity index (χ2n) is 4.51. The fraction of sp³-hybridized carbons (Fsp3) is 0. The molecule has 5 heteroatoms. The fourth-order valence-electron chi connectivity index (χ4n) is 2.12. The minimum Gasteiger partial charge on any atom is -0.504 e. The summed E-state index contributed by atoms with van der Waals surface area (Å²) in [5.74, 6) is -1.09. The van der Waals surface area contributed by atoms with E-state index in [1.54, 1.807) is 36.4 Å². The van der Waals surface area contributed by atoms with Gasteiger partial charge in [-0.15, -0.1) is 0 Å². The maximum atomic E-state index is 12.3. The molecule has 1 amide bonds. The van der Waals surface area contributed by atoms with Crippen LogP contribution in [0, 0.1) is 0 Å². The van der Waals surface area contributed by atoms with Crippen LogP contribution >= 0.6 is 0 Å². The zero-order chi connectivity index (χ0) is 14.8. The zero-order valence-electron chi connectivity index (χ0n) is 10.9. The first kappa shape index (κ1) is 12.9. The minimum atomic E-state index is -0.451. The van der Waals surface area contributed by atoms with E-state index in [4.69, 9.17) is 0 Å². The Morgan fingerprint density at radius 1 is 1.00 bits per heavy atom. The largest absolute Gasteiger partial charge is 0.504 e. The highest BCUT2D eigenvalue weighted by Crippen LogP contribution is 2.35. The second-order valence-corrected chi connectivity index (χ2v) is 4.51. The van der Waals surface area contributed by atoms with Crippen molar-refractivity contribution in [2.24, 2.45) is 0 Å². The molecule has 0 radical (unpaired) electrons. The Bertz CT molecular complexity index is 816. The van der Waals surface area contributed by atoms with Crippen LogP contribution in [0.25, 0.3) is 10.8 Å². The molecule has 2 aromatic carbocycles. The molecule has 0 fully saturated rings. The highest BCUT2D eigenvalue weighted by atomic mass is 16.3. The Morgan fingerprint density at radius 3 is 2.52 bits per heavy atom. The molecule has 0 atom stereocenters. The van der Waals surface area contributed by atoms with Gasteiger partial charge >= 0.3 is 0 Å². The normalized spacial score (nSPS) is 10.5. The average molecular weight is 280 g/mol. The van der Waals surface area contributed by atoms with Gasteiger partial charge in [0.15, 0.2) is 11.5 Å². The number of hydrogen-bond donors (Lipinski definition) is 3. The number of para-hydroxylation sites is 1. The van der Waals surface area contributed by atoms with Crippen molar-refractivity contribution < 1.29 is 15.0 Å². The molecule has 104 valence electrons. The summed E-state index contributed by atoms with van der Waals surface area (Å²) < 4.78 is 0. The van der Waals surface area contributed by atoms with Crippen molar-refractivity contribution in [3.63, 3.8) is 0 Å². The van der Waals surface area contributed by atoms with Gasteiger partial charge in [-0.25, -0.2) is 0 Å². The summed E-state index contributed by atoms with van der Waals surface area (Å²) >= 11 is 0. The van der Waals surface area contributed by atoms with Crippen LogP contribution in [0.1, 0.15) is 10.5 Å². The van der Waals surface area contributed by atoms with Crippen LogP contribution in [-0.4, -0.2) is 21.1 Å². The van der Waals surface area contributed by atoms with Crippen molar-refractivity contribution in [2.75, 3.05) is 5.32 Å². The predicted octanol–water partition coefficient (Wildman–Crippen LogP) is 2.90. The van der Waals surface area contributed by atoms with E-state index in [1.807, 2.05) is 6.07 Å². The van der Waals surface area contributed by atoms with Crippen LogP contribution in [0.2, 0.25) is 0 Å². The van der Waals surface area contributed by atoms with Gasteiger partial charge in [0.25, 0.3) is 5.91 Å². The Balaban J connectivity index is 2.08. The number of phenols is 2. The molecule has 0 bridgehead atoms. The van der Waals surface area contributed by atoms with E-state index in [-0.39, 0.29) is 22.6 Å². The number of pyridine rings is 1. The zero-order valence-corrected chi connectivity index (χ0v) is 10.9. The molecule has 0 saturated carbocycles. The van der Waals surface area contributed by atoms with Gasteiger partial charge in [0.05, 0.1) is 5.39 Å². The summed E-state index contributed by atoms with van der Waals surface area (Å²) in [5.41, 5.74) is 0.686. The Hall–Kier alpha value is -3.08. The molecular weight excluding hydrogens is 268 g/mol. The topological polar surface area (TPSA) is 82.5 Å². The van der Waals surface area contributed by atoms with Crippen LogP contribution in [0.15, 0.2) is 54.7 Å². The van der Waals surface area contributed by atoms with Gasteiger partial charge in [-0.05, 0) is 29.7 Å². The average Bonchev–Trinajstić information content (AvgIpc) is 2.51. The van der Waals surface area contributed by atoms with Gasteiger partial charge in [-0.1, -0.05) is 24.3 Å². The van der Waals surface area contributed by atoms with Gasteiger partial charge in [-0.3, -0.25) is 9.78 Å². The number of amides is 1. The summed E-state index contributed by atoms with van der Waals surface area (Å²) in [5, 5.41) is 23.1. The van der Waals surface area contributed by atoms with Crippen molar-refractivity contribution in [1.29, 1.82) is 0 Å². The number of phenolic OH excluding ortho intramolecular Hbond substituents is 2. The van der Waals surface area contributed by atoms with Gasteiger partial charge in [-0.2, -0.15) is 0 Å². The lowest BCUT2D eigenvalue weighted by molar-refractivity contribution is 0.102. The summed E-state index contributed by atoms with van der Waals surface area (Å²) in [6.45, 7) is 0. The first-order chi connectivity index (χ1) is 10.2. The van der Waals surface area contributed by atoms with E-state index in [0.29, 0.717) is 11.1 Å². The number of aromatic nitrogens is 1. The maximum Gasteiger partial charge on any atom is 0.275 e. The number of aromatic hydroxyl groups is 2. The highest BCUT2D eigenvalue weighted by Gasteiger charge is 2.16. The number of nitrogens with one attached hydrogen (secondary N) is 1. The number of anilines is 1. The summed E-state index contributed by atoms with van der Waals surface area (Å²) in [6.07, 6.45) is 1.48. The molecule has 3 aromatic rings. The van der Waals surface area contributed by atoms with Crippen molar-refractivity contribution in [1.82, 2.24) is 4.98 Å². The molecule has 21 heavy (non-hydrogen) atoms. The molecule has 0 aliphatic heterocycles. The third-order valence-corrected chi connectivity index (χ3v) is 3.13. The molecule has 1 aromatic heterocycles. The molecule has 0 aliphatic rings. The number of benzene rings is 2. The number of carbonyl (C=O) groups is 1. The van der Waals surface area contributed by atoms with Gasteiger partial charge < -0.3 is 15.5 Å². The molecule has 0 spiro atoms. The van der Waals surface area contributed by atoms with E-state index in [9.17, 15) is 15.0 Å². The molecule has 1 heterocycles. The van der Waals surface area contributed by atoms with Crippen molar-refractivity contribution in [3.8, 4) is 11.5 Å². The molecule has 0 unspecified atom stereocenters. The monoisotopic (exact) mass is 280 g/mol. The standard InChI is InChI=1S/C16H12N2O3/c19-12-7-6-10-8-9-17-14(13(10)15(12)20)16(21)18-11-4-2-1-3-5-11/h1-9,19-20H,(H,18,21). The number of fused-ring (bicyclic) bond motifs is 1.